The van der Waals surface area contributed by atoms with Crippen molar-refractivity contribution in [2.24, 2.45) is 5.92 Å². The zero-order chi connectivity index (χ0) is 10.8. The van der Waals surface area contributed by atoms with Crippen LogP contribution in [0.2, 0.25) is 0 Å². The van der Waals surface area contributed by atoms with Crippen molar-refractivity contribution in [1.29, 1.82) is 0 Å². The van der Waals surface area contributed by atoms with Gasteiger partial charge in [-0.05, 0) is 34.0 Å². The third-order valence-electron chi connectivity index (χ3n) is 2.45. The number of anilines is 1. The summed E-state index contributed by atoms with van der Waals surface area (Å²) in [6.07, 6.45) is 2.33. The maximum absolute atomic E-state index is 11.7. The number of alkyl halides is 1. The van der Waals surface area contributed by atoms with Crippen LogP contribution in [0.25, 0.3) is 0 Å². The van der Waals surface area contributed by atoms with Crippen LogP contribution in [-0.4, -0.2) is 22.8 Å². The van der Waals surface area contributed by atoms with Gasteiger partial charge in [-0.2, -0.15) is 0 Å². The monoisotopic (exact) mass is 332 g/mol. The Balaban J connectivity index is 2.21. The molecule has 3 nitrogen and oxygen atoms in total. The molecule has 80 valence electrons. The summed E-state index contributed by atoms with van der Waals surface area (Å²) >= 11 is 6.72. The molecule has 1 unspecified atom stereocenters. The lowest BCUT2D eigenvalue weighted by molar-refractivity contribution is -0.117. The molecule has 0 aliphatic carbocycles. The minimum atomic E-state index is 0.192. The van der Waals surface area contributed by atoms with Gasteiger partial charge in [0.1, 0.15) is 4.60 Å². The molecule has 1 aromatic rings. The van der Waals surface area contributed by atoms with Crippen LogP contribution >= 0.6 is 31.9 Å². The van der Waals surface area contributed by atoms with Crippen molar-refractivity contribution in [2.75, 3.05) is 16.8 Å². The number of hydrogen-bond acceptors (Lipinski definition) is 2. The van der Waals surface area contributed by atoms with Crippen molar-refractivity contribution < 1.29 is 4.79 Å². The quantitative estimate of drug-likeness (QED) is 0.615. The number of rotatable bonds is 2. The maximum atomic E-state index is 11.7. The zero-order valence-electron chi connectivity index (χ0n) is 7.99. The topological polar surface area (TPSA) is 33.2 Å². The Morgan fingerprint density at radius 2 is 2.40 bits per heavy atom. The Morgan fingerprint density at radius 1 is 1.60 bits per heavy atom. The molecular formula is C10H10Br2N2O. The predicted octanol–water partition coefficient (Wildman–Crippen LogP) is 2.59. The van der Waals surface area contributed by atoms with E-state index in [1.165, 1.54) is 0 Å². The van der Waals surface area contributed by atoms with Crippen molar-refractivity contribution in [3.05, 3.63) is 22.9 Å². The predicted molar refractivity (Wildman–Crippen MR) is 66.2 cm³/mol. The summed E-state index contributed by atoms with van der Waals surface area (Å²) < 4.78 is 0.759. The first kappa shape index (κ1) is 11.1. The summed E-state index contributed by atoms with van der Waals surface area (Å²) in [5.41, 5.74) is 0.922. The van der Waals surface area contributed by atoms with E-state index >= 15 is 0 Å². The smallest absolute Gasteiger partial charge is 0.227 e. The lowest BCUT2D eigenvalue weighted by Gasteiger charge is -2.16. The van der Waals surface area contributed by atoms with E-state index in [0.29, 0.717) is 12.3 Å². The molecule has 0 N–H and O–H groups in total. The normalized spacial score (nSPS) is 21.1. The minimum Gasteiger partial charge on any atom is -0.312 e. The van der Waals surface area contributed by atoms with Gasteiger partial charge < -0.3 is 4.90 Å². The molecule has 1 atom stereocenters. The van der Waals surface area contributed by atoms with Crippen LogP contribution in [0.4, 0.5) is 5.69 Å². The molecule has 1 amide bonds. The molecule has 0 bridgehead atoms. The van der Waals surface area contributed by atoms with Gasteiger partial charge in [-0.1, -0.05) is 15.9 Å². The fourth-order valence-electron chi connectivity index (χ4n) is 1.69. The first-order chi connectivity index (χ1) is 7.20. The summed E-state index contributed by atoms with van der Waals surface area (Å²) in [4.78, 5) is 17.6. The number of halogens is 2. The van der Waals surface area contributed by atoms with E-state index in [1.54, 1.807) is 6.20 Å². The van der Waals surface area contributed by atoms with E-state index in [9.17, 15) is 4.79 Å². The fraction of sp³-hybridized carbons (Fsp3) is 0.400. The SMILES string of the molecule is O=C1CC(CBr)CN1c1ccnc(Br)c1. The molecule has 1 aromatic heterocycles. The zero-order valence-corrected chi connectivity index (χ0v) is 11.2. The van der Waals surface area contributed by atoms with Crippen molar-refractivity contribution in [3.8, 4) is 0 Å². The second-order valence-electron chi connectivity index (χ2n) is 3.57. The fourth-order valence-corrected chi connectivity index (χ4v) is 2.48. The molecule has 1 fully saturated rings. The number of pyridine rings is 1. The highest BCUT2D eigenvalue weighted by Crippen LogP contribution is 2.26. The molecule has 0 radical (unpaired) electrons. The second-order valence-corrected chi connectivity index (χ2v) is 5.03. The van der Waals surface area contributed by atoms with Gasteiger partial charge in [-0.25, -0.2) is 4.98 Å². The average Bonchev–Trinajstić information content (AvgIpc) is 2.60. The van der Waals surface area contributed by atoms with Crippen LogP contribution in [0.5, 0.6) is 0 Å². The number of aromatic nitrogens is 1. The Bertz CT molecular complexity index is 383. The molecule has 0 saturated carbocycles. The standard InChI is InChI=1S/C10H10Br2N2O/c11-5-7-3-10(15)14(6-7)8-1-2-13-9(12)4-8/h1-2,4,7H,3,5-6H2. The summed E-state index contributed by atoms with van der Waals surface area (Å²) in [6, 6.07) is 3.73. The summed E-state index contributed by atoms with van der Waals surface area (Å²) in [7, 11) is 0. The molecule has 1 saturated heterocycles. The Hall–Kier alpha value is -0.420. The molecular weight excluding hydrogens is 324 g/mol. The van der Waals surface area contributed by atoms with Crippen molar-refractivity contribution in [3.63, 3.8) is 0 Å². The third kappa shape index (κ3) is 2.39. The van der Waals surface area contributed by atoms with Crippen LogP contribution in [0.15, 0.2) is 22.9 Å². The highest BCUT2D eigenvalue weighted by Gasteiger charge is 2.29. The van der Waals surface area contributed by atoms with E-state index < -0.39 is 0 Å². The van der Waals surface area contributed by atoms with Crippen molar-refractivity contribution >= 4 is 43.5 Å². The van der Waals surface area contributed by atoms with Gasteiger partial charge in [0.05, 0.1) is 0 Å². The lowest BCUT2D eigenvalue weighted by atomic mass is 10.2. The van der Waals surface area contributed by atoms with Gasteiger partial charge in [0.15, 0.2) is 0 Å². The Kier molecular flexibility index (Phi) is 3.41. The first-order valence-electron chi connectivity index (χ1n) is 4.68. The van der Waals surface area contributed by atoms with Crippen LogP contribution in [-0.2, 0) is 4.79 Å². The van der Waals surface area contributed by atoms with Gasteiger partial charge in [0.25, 0.3) is 0 Å². The van der Waals surface area contributed by atoms with Gasteiger partial charge in [-0.3, -0.25) is 4.79 Å². The van der Waals surface area contributed by atoms with Crippen molar-refractivity contribution in [2.45, 2.75) is 6.42 Å². The van der Waals surface area contributed by atoms with Crippen LogP contribution in [0, 0.1) is 5.92 Å². The van der Waals surface area contributed by atoms with Gasteiger partial charge in [0, 0.05) is 30.2 Å². The van der Waals surface area contributed by atoms with Gasteiger partial charge in [-0.15, -0.1) is 0 Å². The molecule has 1 aliphatic rings. The molecule has 0 aromatic carbocycles. The van der Waals surface area contributed by atoms with E-state index in [4.69, 9.17) is 0 Å². The Labute approximate surface area is 105 Å². The molecule has 2 heterocycles. The second kappa shape index (κ2) is 4.61. The van der Waals surface area contributed by atoms with Gasteiger partial charge in [0.2, 0.25) is 5.91 Å². The highest BCUT2D eigenvalue weighted by atomic mass is 79.9. The third-order valence-corrected chi connectivity index (χ3v) is 3.79. The molecule has 15 heavy (non-hydrogen) atoms. The highest BCUT2D eigenvalue weighted by molar-refractivity contribution is 9.10. The minimum absolute atomic E-state index is 0.192. The molecule has 0 spiro atoms. The molecule has 5 heteroatoms. The van der Waals surface area contributed by atoms with Crippen LogP contribution in [0.3, 0.4) is 0 Å². The number of amides is 1. The number of nitrogens with zero attached hydrogens (tertiary/aromatic N) is 2. The maximum Gasteiger partial charge on any atom is 0.227 e. The van der Waals surface area contributed by atoms with Crippen LogP contribution in [0.1, 0.15) is 6.42 Å². The molecule has 1 aliphatic heterocycles. The van der Waals surface area contributed by atoms with E-state index in [0.717, 1.165) is 22.2 Å². The van der Waals surface area contributed by atoms with E-state index in [-0.39, 0.29) is 5.91 Å². The first-order valence-corrected chi connectivity index (χ1v) is 6.60. The van der Waals surface area contributed by atoms with Gasteiger partial charge >= 0.3 is 0 Å². The number of carbonyl (C=O) groups excluding carboxylic acids is 1. The molecule has 2 rings (SSSR count). The van der Waals surface area contributed by atoms with Crippen LogP contribution < -0.4 is 4.90 Å². The van der Waals surface area contributed by atoms with Crippen molar-refractivity contribution in [1.82, 2.24) is 4.98 Å². The Morgan fingerprint density at radius 3 is 3.00 bits per heavy atom. The number of hydrogen-bond donors (Lipinski definition) is 0. The average molecular weight is 334 g/mol. The summed E-state index contributed by atoms with van der Waals surface area (Å²) in [5.74, 6) is 0.613. The number of carbonyl (C=O) groups is 1. The summed E-state index contributed by atoms with van der Waals surface area (Å²) in [5, 5.41) is 0.876. The van der Waals surface area contributed by atoms with E-state index in [2.05, 4.69) is 36.8 Å². The van der Waals surface area contributed by atoms with E-state index in [1.807, 2.05) is 17.0 Å². The lowest BCUT2D eigenvalue weighted by Crippen LogP contribution is -2.24. The largest absolute Gasteiger partial charge is 0.312 e. The summed E-state index contributed by atoms with van der Waals surface area (Å²) in [6.45, 7) is 0.792.